The van der Waals surface area contributed by atoms with Crippen LogP contribution in [-0.4, -0.2) is 10.9 Å². The highest BCUT2D eigenvalue weighted by Crippen LogP contribution is 2.15. The van der Waals surface area contributed by atoms with Crippen molar-refractivity contribution in [2.45, 2.75) is 20.0 Å². The van der Waals surface area contributed by atoms with Crippen LogP contribution in [0.4, 0.5) is 5.69 Å². The molecule has 0 bridgehead atoms. The summed E-state index contributed by atoms with van der Waals surface area (Å²) in [6.07, 6.45) is 1.80. The largest absolute Gasteiger partial charge is 0.326 e. The second-order valence-electron chi connectivity index (χ2n) is 3.87. The monoisotopic (exact) mass is 261 g/mol. The van der Waals surface area contributed by atoms with E-state index in [4.69, 9.17) is 0 Å². The molecule has 0 aliphatic rings. The Bertz CT molecular complexity index is 511. The lowest BCUT2D eigenvalue weighted by Crippen LogP contribution is -2.15. The number of thiazole rings is 1. The first-order chi connectivity index (χ1) is 8.75. The third-order valence-corrected chi connectivity index (χ3v) is 3.18. The van der Waals surface area contributed by atoms with Crippen molar-refractivity contribution in [3.63, 3.8) is 0 Å². The number of nitrogens with zero attached hydrogens (tertiary/aromatic N) is 1. The zero-order valence-electron chi connectivity index (χ0n) is 10.1. The summed E-state index contributed by atoms with van der Waals surface area (Å²) in [4.78, 5) is 15.3. The topological polar surface area (TPSA) is 54.0 Å². The van der Waals surface area contributed by atoms with Crippen molar-refractivity contribution in [1.82, 2.24) is 10.3 Å². The van der Waals surface area contributed by atoms with Gasteiger partial charge in [-0.05, 0) is 11.6 Å². The molecule has 1 aromatic carbocycles. The first kappa shape index (κ1) is 12.7. The first-order valence-electron chi connectivity index (χ1n) is 5.70. The number of carbonyl (C=O) groups excluding carboxylic acids is 1. The molecule has 1 heterocycles. The van der Waals surface area contributed by atoms with E-state index in [1.54, 1.807) is 17.5 Å². The fourth-order valence-corrected chi connectivity index (χ4v) is 2.22. The van der Waals surface area contributed by atoms with E-state index in [1.165, 1.54) is 6.92 Å². The lowest BCUT2D eigenvalue weighted by molar-refractivity contribution is -0.114. The van der Waals surface area contributed by atoms with E-state index in [2.05, 4.69) is 15.6 Å². The van der Waals surface area contributed by atoms with Gasteiger partial charge in [-0.3, -0.25) is 4.79 Å². The highest BCUT2D eigenvalue weighted by Gasteiger charge is 2.03. The normalized spacial score (nSPS) is 10.3. The Hall–Kier alpha value is -1.72. The number of hydrogen-bond donors (Lipinski definition) is 2. The second kappa shape index (κ2) is 6.28. The molecule has 18 heavy (non-hydrogen) atoms. The molecule has 4 nitrogen and oxygen atoms in total. The van der Waals surface area contributed by atoms with E-state index >= 15 is 0 Å². The van der Waals surface area contributed by atoms with Gasteiger partial charge in [0.25, 0.3) is 0 Å². The predicted molar refractivity (Wildman–Crippen MR) is 73.4 cm³/mol. The Morgan fingerprint density at radius 1 is 1.33 bits per heavy atom. The maximum absolute atomic E-state index is 11.1. The fourth-order valence-electron chi connectivity index (χ4n) is 1.63. The van der Waals surface area contributed by atoms with Crippen LogP contribution < -0.4 is 10.6 Å². The van der Waals surface area contributed by atoms with Crippen LogP contribution in [0.25, 0.3) is 0 Å². The summed E-state index contributed by atoms with van der Waals surface area (Å²) in [5.41, 5.74) is 1.93. The Morgan fingerprint density at radius 2 is 2.17 bits per heavy atom. The number of hydrogen-bond acceptors (Lipinski definition) is 4. The van der Waals surface area contributed by atoms with Crippen LogP contribution in [0.15, 0.2) is 35.8 Å². The maximum atomic E-state index is 11.1. The van der Waals surface area contributed by atoms with Gasteiger partial charge in [0.1, 0.15) is 5.01 Å². The molecule has 5 heteroatoms. The molecule has 0 radical (unpaired) electrons. The molecule has 0 saturated carbocycles. The highest BCUT2D eigenvalue weighted by atomic mass is 32.1. The zero-order valence-corrected chi connectivity index (χ0v) is 11.0. The fraction of sp³-hybridized carbons (Fsp3) is 0.231. The van der Waals surface area contributed by atoms with Crippen LogP contribution >= 0.6 is 11.3 Å². The van der Waals surface area contributed by atoms with Crippen molar-refractivity contribution in [2.75, 3.05) is 5.32 Å². The van der Waals surface area contributed by atoms with Gasteiger partial charge in [-0.15, -0.1) is 11.3 Å². The number of benzene rings is 1. The third-order valence-electron chi connectivity index (χ3n) is 2.40. The molecule has 2 rings (SSSR count). The summed E-state index contributed by atoms with van der Waals surface area (Å²) < 4.78 is 0. The van der Waals surface area contributed by atoms with Crippen LogP contribution in [-0.2, 0) is 17.9 Å². The molecule has 0 aliphatic carbocycles. The summed E-state index contributed by atoms with van der Waals surface area (Å²) in [5, 5.41) is 9.16. The molecule has 0 fully saturated rings. The molecule has 0 aliphatic heterocycles. The number of anilines is 1. The molecule has 2 aromatic rings. The highest BCUT2D eigenvalue weighted by molar-refractivity contribution is 7.09. The minimum atomic E-state index is -0.0534. The van der Waals surface area contributed by atoms with Crippen LogP contribution in [0, 0.1) is 0 Å². The predicted octanol–water partition coefficient (Wildman–Crippen LogP) is 2.39. The summed E-state index contributed by atoms with van der Waals surface area (Å²) >= 11 is 1.63. The summed E-state index contributed by atoms with van der Waals surface area (Å²) in [6, 6.07) is 7.78. The molecular formula is C13H15N3OS. The lowest BCUT2D eigenvalue weighted by atomic mass is 10.1. The molecule has 1 aromatic heterocycles. The van der Waals surface area contributed by atoms with Crippen LogP contribution in [0.3, 0.4) is 0 Å². The van der Waals surface area contributed by atoms with Crippen molar-refractivity contribution in [1.29, 1.82) is 0 Å². The molecule has 0 atom stereocenters. The van der Waals surface area contributed by atoms with E-state index in [1.807, 2.05) is 29.6 Å². The number of aromatic nitrogens is 1. The van der Waals surface area contributed by atoms with Crippen molar-refractivity contribution >= 4 is 22.9 Å². The SMILES string of the molecule is CC(=O)Nc1ccccc1CNCc1nccs1. The van der Waals surface area contributed by atoms with Crippen LogP contribution in [0.1, 0.15) is 17.5 Å². The van der Waals surface area contributed by atoms with Gasteiger partial charge in [-0.1, -0.05) is 18.2 Å². The smallest absolute Gasteiger partial charge is 0.221 e. The van der Waals surface area contributed by atoms with Gasteiger partial charge in [-0.2, -0.15) is 0 Å². The van der Waals surface area contributed by atoms with Gasteiger partial charge in [0.2, 0.25) is 5.91 Å². The molecule has 0 saturated heterocycles. The van der Waals surface area contributed by atoms with Gasteiger partial charge in [0.15, 0.2) is 0 Å². The average Bonchev–Trinajstić information content (AvgIpc) is 2.84. The maximum Gasteiger partial charge on any atom is 0.221 e. The van der Waals surface area contributed by atoms with E-state index < -0.39 is 0 Å². The number of para-hydroxylation sites is 1. The third kappa shape index (κ3) is 3.65. The van der Waals surface area contributed by atoms with Crippen molar-refractivity contribution < 1.29 is 4.79 Å². The van der Waals surface area contributed by atoms with Gasteiger partial charge < -0.3 is 10.6 Å². The number of rotatable bonds is 5. The molecule has 0 spiro atoms. The van der Waals surface area contributed by atoms with Crippen LogP contribution in [0.5, 0.6) is 0 Å². The Labute approximate surface area is 110 Å². The minimum Gasteiger partial charge on any atom is -0.326 e. The average molecular weight is 261 g/mol. The minimum absolute atomic E-state index is 0.0534. The molecule has 1 amide bonds. The van der Waals surface area contributed by atoms with Gasteiger partial charge >= 0.3 is 0 Å². The zero-order chi connectivity index (χ0) is 12.8. The molecular weight excluding hydrogens is 246 g/mol. The molecule has 2 N–H and O–H groups in total. The van der Waals surface area contributed by atoms with Crippen molar-refractivity contribution in [2.24, 2.45) is 0 Å². The molecule has 0 unspecified atom stereocenters. The molecule has 94 valence electrons. The first-order valence-corrected chi connectivity index (χ1v) is 6.58. The van der Waals surface area contributed by atoms with E-state index in [9.17, 15) is 4.79 Å². The van der Waals surface area contributed by atoms with Crippen molar-refractivity contribution in [3.8, 4) is 0 Å². The summed E-state index contributed by atoms with van der Waals surface area (Å²) in [6.45, 7) is 2.96. The quantitative estimate of drug-likeness (QED) is 0.869. The standard InChI is InChI=1S/C13H15N3OS/c1-10(17)16-12-5-3-2-4-11(12)8-14-9-13-15-6-7-18-13/h2-7,14H,8-9H2,1H3,(H,16,17). The Balaban J connectivity index is 1.94. The Kier molecular flexibility index (Phi) is 4.44. The van der Waals surface area contributed by atoms with E-state index in [0.717, 1.165) is 22.8 Å². The summed E-state index contributed by atoms with van der Waals surface area (Å²) in [5.74, 6) is -0.0534. The number of nitrogens with one attached hydrogen (secondary N) is 2. The van der Waals surface area contributed by atoms with Gasteiger partial charge in [0, 0.05) is 37.3 Å². The van der Waals surface area contributed by atoms with Crippen molar-refractivity contribution in [3.05, 3.63) is 46.4 Å². The van der Waals surface area contributed by atoms with E-state index in [-0.39, 0.29) is 5.91 Å². The lowest BCUT2D eigenvalue weighted by Gasteiger charge is -2.10. The number of amides is 1. The van der Waals surface area contributed by atoms with Crippen LogP contribution in [0.2, 0.25) is 0 Å². The van der Waals surface area contributed by atoms with Gasteiger partial charge in [-0.25, -0.2) is 4.98 Å². The number of carbonyl (C=O) groups is 1. The van der Waals surface area contributed by atoms with E-state index in [0.29, 0.717) is 6.54 Å². The van der Waals surface area contributed by atoms with Gasteiger partial charge in [0.05, 0.1) is 0 Å². The second-order valence-corrected chi connectivity index (χ2v) is 4.85. The summed E-state index contributed by atoms with van der Waals surface area (Å²) in [7, 11) is 0. The Morgan fingerprint density at radius 3 is 2.89 bits per heavy atom.